The number of halogens is 2. The second-order valence-electron chi connectivity index (χ2n) is 6.78. The van der Waals surface area contributed by atoms with Crippen molar-refractivity contribution in [2.45, 2.75) is 6.54 Å². The predicted molar refractivity (Wildman–Crippen MR) is 121 cm³/mol. The lowest BCUT2D eigenvalue weighted by Crippen LogP contribution is -2.46. The normalized spacial score (nSPS) is 14.1. The molecular weight excluding hydrogens is 427 g/mol. The van der Waals surface area contributed by atoms with Crippen LogP contribution in [0.2, 0.25) is 10.0 Å². The molecular formula is C21H20Cl2N4OS. The average molecular weight is 447 g/mol. The van der Waals surface area contributed by atoms with Gasteiger partial charge in [0.25, 0.3) is 5.91 Å². The second kappa shape index (κ2) is 9.03. The summed E-state index contributed by atoms with van der Waals surface area (Å²) in [4.78, 5) is 21.5. The number of nitrogens with zero attached hydrogens (tertiary/aromatic N) is 3. The first kappa shape index (κ1) is 20.0. The van der Waals surface area contributed by atoms with Gasteiger partial charge >= 0.3 is 0 Å². The van der Waals surface area contributed by atoms with E-state index < -0.39 is 0 Å². The molecule has 1 aromatic heterocycles. The number of rotatable bonds is 5. The Hall–Kier alpha value is -2.28. The molecule has 29 heavy (non-hydrogen) atoms. The van der Waals surface area contributed by atoms with Gasteiger partial charge in [0, 0.05) is 53.8 Å². The van der Waals surface area contributed by atoms with Gasteiger partial charge in [-0.3, -0.25) is 4.79 Å². The fourth-order valence-electron chi connectivity index (χ4n) is 3.24. The lowest BCUT2D eigenvalue weighted by atomic mass is 10.2. The van der Waals surface area contributed by atoms with E-state index in [0.717, 1.165) is 41.9 Å². The van der Waals surface area contributed by atoms with Crippen LogP contribution in [0.4, 0.5) is 10.8 Å². The first-order valence-electron chi connectivity index (χ1n) is 9.32. The minimum absolute atomic E-state index is 0.174. The molecule has 0 aliphatic carbocycles. The van der Waals surface area contributed by atoms with Crippen LogP contribution in [-0.2, 0) is 6.54 Å². The van der Waals surface area contributed by atoms with Crippen LogP contribution in [0.5, 0.6) is 0 Å². The molecule has 5 nitrogen and oxygen atoms in total. The summed E-state index contributed by atoms with van der Waals surface area (Å²) < 4.78 is 0. The maximum absolute atomic E-state index is 12.4. The molecule has 1 fully saturated rings. The van der Waals surface area contributed by atoms with Crippen LogP contribution in [0.1, 0.15) is 16.1 Å². The molecule has 1 amide bonds. The Labute approximate surface area is 183 Å². The Morgan fingerprint density at radius 2 is 1.72 bits per heavy atom. The smallest absolute Gasteiger partial charge is 0.271 e. The first-order chi connectivity index (χ1) is 14.1. The fraction of sp³-hybridized carbons (Fsp3) is 0.238. The van der Waals surface area contributed by atoms with Crippen LogP contribution in [-0.4, -0.2) is 37.1 Å². The van der Waals surface area contributed by atoms with E-state index in [1.165, 1.54) is 17.0 Å². The summed E-state index contributed by atoms with van der Waals surface area (Å²) in [6.07, 6.45) is 0. The summed E-state index contributed by atoms with van der Waals surface area (Å²) in [5.74, 6) is -0.174. The van der Waals surface area contributed by atoms with Crippen molar-refractivity contribution in [3.05, 3.63) is 75.2 Å². The van der Waals surface area contributed by atoms with Crippen molar-refractivity contribution in [2.24, 2.45) is 0 Å². The predicted octanol–water partition coefficient (Wildman–Crippen LogP) is 4.71. The number of anilines is 2. The Kier molecular flexibility index (Phi) is 6.23. The first-order valence-corrected chi connectivity index (χ1v) is 11.0. The molecule has 0 radical (unpaired) electrons. The Morgan fingerprint density at radius 1 is 1.00 bits per heavy atom. The van der Waals surface area contributed by atoms with Gasteiger partial charge in [-0.1, -0.05) is 35.3 Å². The summed E-state index contributed by atoms with van der Waals surface area (Å²) in [7, 11) is 0. The fourth-order valence-corrected chi connectivity index (χ4v) is 4.44. The third-order valence-electron chi connectivity index (χ3n) is 4.81. The standard InChI is InChI=1S/C21H20Cl2N4OS/c22-16-4-6-18(7-5-16)26-8-10-27(11-9-26)21-25-19(14-29-21)20(28)24-13-15-2-1-3-17(23)12-15/h1-7,12,14H,8-11,13H2,(H,24,28). The van der Waals surface area contributed by atoms with Gasteiger partial charge < -0.3 is 15.1 Å². The lowest BCUT2D eigenvalue weighted by molar-refractivity contribution is 0.0946. The zero-order valence-electron chi connectivity index (χ0n) is 15.6. The monoisotopic (exact) mass is 446 g/mol. The molecule has 1 aliphatic heterocycles. The molecule has 1 saturated heterocycles. The molecule has 1 aliphatic rings. The van der Waals surface area contributed by atoms with E-state index in [1.807, 2.05) is 53.9 Å². The molecule has 0 atom stereocenters. The number of benzene rings is 2. The third-order valence-corrected chi connectivity index (χ3v) is 6.20. The highest BCUT2D eigenvalue weighted by Crippen LogP contribution is 2.24. The van der Waals surface area contributed by atoms with Gasteiger partial charge in [0.05, 0.1) is 0 Å². The van der Waals surface area contributed by atoms with Crippen LogP contribution in [0.3, 0.4) is 0 Å². The van der Waals surface area contributed by atoms with Crippen LogP contribution < -0.4 is 15.1 Å². The molecule has 0 bridgehead atoms. The minimum atomic E-state index is -0.174. The summed E-state index contributed by atoms with van der Waals surface area (Å²) >= 11 is 13.5. The maximum Gasteiger partial charge on any atom is 0.271 e. The van der Waals surface area contributed by atoms with Gasteiger partial charge in [-0.05, 0) is 42.0 Å². The summed E-state index contributed by atoms with van der Waals surface area (Å²) in [6.45, 7) is 3.94. The van der Waals surface area contributed by atoms with Crippen molar-refractivity contribution in [1.29, 1.82) is 0 Å². The SMILES string of the molecule is O=C(NCc1cccc(Cl)c1)c1csc(N2CCN(c3ccc(Cl)cc3)CC2)n1. The Bertz CT molecular complexity index is 984. The third kappa shape index (κ3) is 5.01. The number of aromatic nitrogens is 1. The zero-order valence-corrected chi connectivity index (χ0v) is 18.0. The second-order valence-corrected chi connectivity index (χ2v) is 8.49. The van der Waals surface area contributed by atoms with E-state index in [4.69, 9.17) is 23.2 Å². The lowest BCUT2D eigenvalue weighted by Gasteiger charge is -2.36. The van der Waals surface area contributed by atoms with Gasteiger partial charge in [-0.2, -0.15) is 0 Å². The quantitative estimate of drug-likeness (QED) is 0.616. The number of hydrogen-bond donors (Lipinski definition) is 1. The number of nitrogens with one attached hydrogen (secondary N) is 1. The topological polar surface area (TPSA) is 48.5 Å². The van der Waals surface area contributed by atoms with Crippen LogP contribution in [0, 0.1) is 0 Å². The number of hydrogen-bond acceptors (Lipinski definition) is 5. The van der Waals surface area contributed by atoms with E-state index >= 15 is 0 Å². The molecule has 150 valence electrons. The Morgan fingerprint density at radius 3 is 2.45 bits per heavy atom. The van der Waals surface area contributed by atoms with Crippen molar-refractivity contribution in [1.82, 2.24) is 10.3 Å². The van der Waals surface area contributed by atoms with Crippen molar-refractivity contribution >= 4 is 51.3 Å². The highest BCUT2D eigenvalue weighted by molar-refractivity contribution is 7.13. The number of carbonyl (C=O) groups excluding carboxylic acids is 1. The van der Waals surface area contributed by atoms with Crippen molar-refractivity contribution in [3.63, 3.8) is 0 Å². The van der Waals surface area contributed by atoms with Crippen LogP contribution in [0.25, 0.3) is 0 Å². The summed E-state index contributed by atoms with van der Waals surface area (Å²) in [5, 5.41) is 7.00. The molecule has 8 heteroatoms. The molecule has 3 aromatic rings. The number of thiazole rings is 1. The van der Waals surface area contributed by atoms with Crippen LogP contribution >= 0.6 is 34.5 Å². The highest BCUT2D eigenvalue weighted by Gasteiger charge is 2.21. The molecule has 2 aromatic carbocycles. The van der Waals surface area contributed by atoms with Crippen molar-refractivity contribution in [3.8, 4) is 0 Å². The summed E-state index contributed by atoms with van der Waals surface area (Å²) in [5.41, 5.74) is 2.58. The molecule has 2 heterocycles. The molecule has 0 spiro atoms. The van der Waals surface area contributed by atoms with E-state index in [2.05, 4.69) is 20.1 Å². The van der Waals surface area contributed by atoms with Gasteiger partial charge in [0.1, 0.15) is 5.69 Å². The van der Waals surface area contributed by atoms with Gasteiger partial charge in [0.2, 0.25) is 0 Å². The minimum Gasteiger partial charge on any atom is -0.368 e. The molecule has 1 N–H and O–H groups in total. The van der Waals surface area contributed by atoms with Crippen molar-refractivity contribution in [2.75, 3.05) is 36.0 Å². The molecule has 0 saturated carbocycles. The van der Waals surface area contributed by atoms with Gasteiger partial charge in [-0.25, -0.2) is 4.98 Å². The molecule has 0 unspecified atom stereocenters. The summed E-state index contributed by atoms with van der Waals surface area (Å²) in [6, 6.07) is 15.4. The zero-order chi connectivity index (χ0) is 20.2. The molecule has 4 rings (SSSR count). The van der Waals surface area contributed by atoms with Gasteiger partial charge in [0.15, 0.2) is 5.13 Å². The number of amides is 1. The van der Waals surface area contributed by atoms with E-state index in [-0.39, 0.29) is 5.91 Å². The van der Waals surface area contributed by atoms with E-state index in [9.17, 15) is 4.79 Å². The van der Waals surface area contributed by atoms with E-state index in [0.29, 0.717) is 17.3 Å². The average Bonchev–Trinajstić information content (AvgIpc) is 3.23. The number of carbonyl (C=O) groups is 1. The largest absolute Gasteiger partial charge is 0.368 e. The Balaban J connectivity index is 1.32. The number of piperazine rings is 1. The van der Waals surface area contributed by atoms with E-state index in [1.54, 1.807) is 0 Å². The maximum atomic E-state index is 12.4. The van der Waals surface area contributed by atoms with Gasteiger partial charge in [-0.15, -0.1) is 11.3 Å². The highest BCUT2D eigenvalue weighted by atomic mass is 35.5. The van der Waals surface area contributed by atoms with Crippen LogP contribution in [0.15, 0.2) is 53.9 Å². The van der Waals surface area contributed by atoms with Crippen molar-refractivity contribution < 1.29 is 4.79 Å².